The van der Waals surface area contributed by atoms with Crippen molar-refractivity contribution in [3.05, 3.63) is 23.7 Å². The first-order chi connectivity index (χ1) is 11.1. The van der Waals surface area contributed by atoms with Crippen molar-refractivity contribution in [3.8, 4) is 0 Å². The lowest BCUT2D eigenvalue weighted by atomic mass is 10.1. The number of morpholine rings is 1. The quantitative estimate of drug-likeness (QED) is 0.686. The number of nitrogens with one attached hydrogen (secondary N) is 1. The standard InChI is InChI=1S/C16H27N3O4.2ClH/c1-12-3-4-15(23-12)14(19-5-7-22-8-6-19)11-18-16(20)9-13(10-17)21-2;;/h3-4,13-14H,5-11,17H2,1-2H3,(H,18,20);2*1H. The van der Waals surface area contributed by atoms with Gasteiger partial charge in [-0.25, -0.2) is 0 Å². The number of carbonyl (C=O) groups is 1. The third kappa shape index (κ3) is 7.52. The molecule has 2 heterocycles. The second kappa shape index (κ2) is 12.5. The second-order valence-corrected chi connectivity index (χ2v) is 5.71. The molecule has 9 heteroatoms. The fourth-order valence-electron chi connectivity index (χ4n) is 2.68. The number of methoxy groups -OCH3 is 1. The average molecular weight is 398 g/mol. The number of hydrogen-bond donors (Lipinski definition) is 2. The van der Waals surface area contributed by atoms with E-state index in [1.165, 1.54) is 0 Å². The predicted octanol–water partition coefficient (Wildman–Crippen LogP) is 1.28. The molecule has 0 radical (unpaired) electrons. The molecule has 1 aliphatic heterocycles. The number of aryl methyl sites for hydroxylation is 1. The van der Waals surface area contributed by atoms with Crippen molar-refractivity contribution < 1.29 is 18.7 Å². The van der Waals surface area contributed by atoms with Crippen LogP contribution in [0.1, 0.15) is 24.0 Å². The Hall–Kier alpha value is -0.830. The van der Waals surface area contributed by atoms with Crippen molar-refractivity contribution in [1.29, 1.82) is 0 Å². The van der Waals surface area contributed by atoms with Crippen LogP contribution in [0.4, 0.5) is 0 Å². The fraction of sp³-hybridized carbons (Fsp3) is 0.688. The van der Waals surface area contributed by atoms with Gasteiger partial charge in [0.15, 0.2) is 0 Å². The van der Waals surface area contributed by atoms with E-state index in [1.807, 2.05) is 19.1 Å². The van der Waals surface area contributed by atoms with Crippen LogP contribution >= 0.6 is 24.8 Å². The molecule has 1 saturated heterocycles. The van der Waals surface area contributed by atoms with Gasteiger partial charge in [0.2, 0.25) is 5.91 Å². The number of halogens is 2. The monoisotopic (exact) mass is 397 g/mol. The van der Waals surface area contributed by atoms with E-state index in [0.29, 0.717) is 26.3 Å². The highest BCUT2D eigenvalue weighted by Gasteiger charge is 2.26. The molecule has 0 spiro atoms. The number of hydrogen-bond acceptors (Lipinski definition) is 6. The summed E-state index contributed by atoms with van der Waals surface area (Å²) in [5.74, 6) is 1.67. The molecule has 0 aromatic carbocycles. The highest BCUT2D eigenvalue weighted by molar-refractivity contribution is 5.85. The first-order valence-corrected chi connectivity index (χ1v) is 8.01. The minimum absolute atomic E-state index is 0. The van der Waals surface area contributed by atoms with Crippen molar-refractivity contribution >= 4 is 30.7 Å². The topological polar surface area (TPSA) is 90.0 Å². The molecular weight excluding hydrogens is 369 g/mol. The summed E-state index contributed by atoms with van der Waals surface area (Å²) in [7, 11) is 1.56. The van der Waals surface area contributed by atoms with Gasteiger partial charge in [0, 0.05) is 33.3 Å². The van der Waals surface area contributed by atoms with E-state index >= 15 is 0 Å². The van der Waals surface area contributed by atoms with Gasteiger partial charge < -0.3 is 24.9 Å². The molecule has 7 nitrogen and oxygen atoms in total. The van der Waals surface area contributed by atoms with E-state index in [2.05, 4.69) is 10.2 Å². The molecule has 0 bridgehead atoms. The van der Waals surface area contributed by atoms with Crippen LogP contribution in [-0.2, 0) is 14.3 Å². The number of carbonyl (C=O) groups excluding carboxylic acids is 1. The van der Waals surface area contributed by atoms with E-state index in [1.54, 1.807) is 7.11 Å². The van der Waals surface area contributed by atoms with Crippen LogP contribution in [0.5, 0.6) is 0 Å². The summed E-state index contributed by atoms with van der Waals surface area (Å²) in [6.07, 6.45) is 0.0164. The molecule has 1 aromatic heterocycles. The third-order valence-electron chi connectivity index (χ3n) is 4.08. The Labute approximate surface area is 161 Å². The zero-order chi connectivity index (χ0) is 16.7. The summed E-state index contributed by atoms with van der Waals surface area (Å²) in [6, 6.07) is 3.93. The van der Waals surface area contributed by atoms with E-state index < -0.39 is 0 Å². The molecule has 1 aliphatic rings. The molecule has 2 rings (SSSR count). The molecule has 0 aliphatic carbocycles. The number of furan rings is 1. The SMILES string of the molecule is COC(CN)CC(=O)NCC(c1ccc(C)o1)N1CCOCC1.Cl.Cl. The third-order valence-corrected chi connectivity index (χ3v) is 4.08. The molecule has 1 amide bonds. The number of rotatable bonds is 8. The van der Waals surface area contributed by atoms with Gasteiger partial charge in [-0.15, -0.1) is 24.8 Å². The van der Waals surface area contributed by atoms with Crippen LogP contribution in [0, 0.1) is 6.92 Å². The maximum absolute atomic E-state index is 12.1. The van der Waals surface area contributed by atoms with E-state index in [9.17, 15) is 4.79 Å². The van der Waals surface area contributed by atoms with E-state index in [4.69, 9.17) is 19.6 Å². The Morgan fingerprint density at radius 3 is 2.56 bits per heavy atom. The molecule has 25 heavy (non-hydrogen) atoms. The van der Waals surface area contributed by atoms with Gasteiger partial charge in [0.25, 0.3) is 0 Å². The zero-order valence-electron chi connectivity index (χ0n) is 14.7. The van der Waals surface area contributed by atoms with Crippen LogP contribution in [0.2, 0.25) is 0 Å². The first kappa shape index (κ1) is 24.2. The molecular formula is C16H29Cl2N3O4. The molecule has 146 valence electrons. The highest BCUT2D eigenvalue weighted by Crippen LogP contribution is 2.23. The van der Waals surface area contributed by atoms with Crippen molar-refractivity contribution in [2.45, 2.75) is 25.5 Å². The van der Waals surface area contributed by atoms with Crippen LogP contribution in [0.25, 0.3) is 0 Å². The summed E-state index contributed by atoms with van der Waals surface area (Å²) >= 11 is 0. The van der Waals surface area contributed by atoms with Crippen LogP contribution < -0.4 is 11.1 Å². The van der Waals surface area contributed by atoms with Gasteiger partial charge in [0.1, 0.15) is 11.5 Å². The van der Waals surface area contributed by atoms with Crippen LogP contribution in [-0.4, -0.2) is 63.4 Å². The maximum atomic E-state index is 12.1. The van der Waals surface area contributed by atoms with Gasteiger partial charge in [0.05, 0.1) is 31.8 Å². The molecule has 2 atom stereocenters. The van der Waals surface area contributed by atoms with Gasteiger partial charge in [-0.3, -0.25) is 9.69 Å². The number of ether oxygens (including phenoxy) is 2. The lowest BCUT2D eigenvalue weighted by Crippen LogP contribution is -2.44. The first-order valence-electron chi connectivity index (χ1n) is 8.01. The summed E-state index contributed by atoms with van der Waals surface area (Å²) in [5.41, 5.74) is 5.56. The lowest BCUT2D eigenvalue weighted by molar-refractivity contribution is -0.123. The Kier molecular flexibility index (Phi) is 12.1. The second-order valence-electron chi connectivity index (χ2n) is 5.71. The molecule has 1 fully saturated rings. The summed E-state index contributed by atoms with van der Waals surface area (Å²) < 4.78 is 16.3. The highest BCUT2D eigenvalue weighted by atomic mass is 35.5. The number of nitrogens with zero attached hydrogens (tertiary/aromatic N) is 1. The maximum Gasteiger partial charge on any atom is 0.222 e. The summed E-state index contributed by atoms with van der Waals surface area (Å²) in [5, 5.41) is 2.97. The largest absolute Gasteiger partial charge is 0.465 e. The van der Waals surface area contributed by atoms with Gasteiger partial charge in [-0.05, 0) is 19.1 Å². The van der Waals surface area contributed by atoms with Crippen LogP contribution in [0.3, 0.4) is 0 Å². The number of amides is 1. The van der Waals surface area contributed by atoms with E-state index in [-0.39, 0.29) is 49.3 Å². The fourth-order valence-corrected chi connectivity index (χ4v) is 2.68. The Bertz CT molecular complexity index is 491. The van der Waals surface area contributed by atoms with Gasteiger partial charge in [-0.2, -0.15) is 0 Å². The Morgan fingerprint density at radius 1 is 1.36 bits per heavy atom. The average Bonchev–Trinajstić information content (AvgIpc) is 3.00. The zero-order valence-corrected chi connectivity index (χ0v) is 16.4. The lowest BCUT2D eigenvalue weighted by Gasteiger charge is -2.33. The van der Waals surface area contributed by atoms with Gasteiger partial charge >= 0.3 is 0 Å². The van der Waals surface area contributed by atoms with Crippen molar-refractivity contribution in [2.75, 3.05) is 46.5 Å². The van der Waals surface area contributed by atoms with Crippen molar-refractivity contribution in [3.63, 3.8) is 0 Å². The minimum Gasteiger partial charge on any atom is -0.465 e. The minimum atomic E-state index is -0.248. The van der Waals surface area contributed by atoms with E-state index in [0.717, 1.165) is 24.6 Å². The molecule has 0 saturated carbocycles. The molecule has 1 aromatic rings. The number of nitrogens with two attached hydrogens (primary N) is 1. The summed E-state index contributed by atoms with van der Waals surface area (Å²) in [4.78, 5) is 14.4. The van der Waals surface area contributed by atoms with Crippen LogP contribution in [0.15, 0.2) is 16.5 Å². The Balaban J connectivity index is 0.00000288. The molecule has 2 unspecified atom stereocenters. The van der Waals surface area contributed by atoms with Crippen molar-refractivity contribution in [1.82, 2.24) is 10.2 Å². The van der Waals surface area contributed by atoms with Gasteiger partial charge in [-0.1, -0.05) is 0 Å². The Morgan fingerprint density at radius 2 is 2.04 bits per heavy atom. The summed E-state index contributed by atoms with van der Waals surface area (Å²) in [6.45, 7) is 5.78. The molecule has 3 N–H and O–H groups in total. The smallest absolute Gasteiger partial charge is 0.222 e. The normalized spacial score (nSPS) is 17.1. The predicted molar refractivity (Wildman–Crippen MR) is 101 cm³/mol. The van der Waals surface area contributed by atoms with Crippen molar-refractivity contribution in [2.24, 2.45) is 5.73 Å².